The van der Waals surface area contributed by atoms with Crippen LogP contribution in [0.25, 0.3) is 0 Å². The lowest BCUT2D eigenvalue weighted by Crippen LogP contribution is -2.24. The molecular formula is C20H26N4O2. The van der Waals surface area contributed by atoms with Gasteiger partial charge in [-0.3, -0.25) is 14.3 Å². The summed E-state index contributed by atoms with van der Waals surface area (Å²) in [4.78, 5) is 24.5. The van der Waals surface area contributed by atoms with E-state index < -0.39 is 6.04 Å². The summed E-state index contributed by atoms with van der Waals surface area (Å²) >= 11 is 0. The summed E-state index contributed by atoms with van der Waals surface area (Å²) in [6.45, 7) is 1.79. The van der Waals surface area contributed by atoms with Gasteiger partial charge in [-0.2, -0.15) is 5.10 Å². The molecule has 0 aliphatic heterocycles. The lowest BCUT2D eigenvalue weighted by atomic mass is 10.0. The van der Waals surface area contributed by atoms with E-state index in [-0.39, 0.29) is 11.8 Å². The molecule has 0 unspecified atom stereocenters. The third-order valence-corrected chi connectivity index (χ3v) is 4.97. The first-order valence-electron chi connectivity index (χ1n) is 9.32. The number of hydrogen-bond donors (Lipinski definition) is 2. The second-order valence-corrected chi connectivity index (χ2v) is 6.97. The molecule has 2 aromatic rings. The standard InChI is InChI=1S/C20H26N4O2/c1-15(24-13-5-12-21-24)20(26)23-18-9-4-8-17(14-18)22-19(25)11-10-16-6-2-3-7-16/h4-5,8-9,12-16H,2-3,6-7,10-11H2,1H3,(H,22,25)(H,23,26)/t15-/m0/s1. The fraction of sp³-hybridized carbons (Fsp3) is 0.450. The Labute approximate surface area is 154 Å². The molecule has 1 saturated carbocycles. The second-order valence-electron chi connectivity index (χ2n) is 6.97. The molecule has 1 fully saturated rings. The minimum Gasteiger partial charge on any atom is -0.326 e. The van der Waals surface area contributed by atoms with Crippen LogP contribution >= 0.6 is 0 Å². The number of nitrogens with zero attached hydrogens (tertiary/aromatic N) is 2. The molecule has 0 saturated heterocycles. The first kappa shape index (κ1) is 18.2. The topological polar surface area (TPSA) is 76.0 Å². The van der Waals surface area contributed by atoms with Crippen LogP contribution in [0.5, 0.6) is 0 Å². The van der Waals surface area contributed by atoms with Crippen molar-refractivity contribution in [2.45, 2.75) is 51.5 Å². The van der Waals surface area contributed by atoms with E-state index in [9.17, 15) is 9.59 Å². The van der Waals surface area contributed by atoms with E-state index in [4.69, 9.17) is 0 Å². The third kappa shape index (κ3) is 4.94. The highest BCUT2D eigenvalue weighted by atomic mass is 16.2. The summed E-state index contributed by atoms with van der Waals surface area (Å²) in [6.07, 6.45) is 10.0. The van der Waals surface area contributed by atoms with Crippen LogP contribution in [0.1, 0.15) is 51.5 Å². The van der Waals surface area contributed by atoms with E-state index in [2.05, 4.69) is 15.7 Å². The number of carbonyl (C=O) groups is 2. The number of benzene rings is 1. The highest BCUT2D eigenvalue weighted by Gasteiger charge is 2.17. The van der Waals surface area contributed by atoms with Crippen molar-refractivity contribution in [3.8, 4) is 0 Å². The van der Waals surface area contributed by atoms with Gasteiger partial charge in [-0.25, -0.2) is 0 Å². The van der Waals surface area contributed by atoms with Gasteiger partial charge in [0, 0.05) is 30.2 Å². The fourth-order valence-corrected chi connectivity index (χ4v) is 3.41. The van der Waals surface area contributed by atoms with Gasteiger partial charge in [0.15, 0.2) is 0 Å². The lowest BCUT2D eigenvalue weighted by molar-refractivity contribution is -0.119. The van der Waals surface area contributed by atoms with Crippen LogP contribution in [0.2, 0.25) is 0 Å². The summed E-state index contributed by atoms with van der Waals surface area (Å²) in [5.74, 6) is 0.582. The van der Waals surface area contributed by atoms with Gasteiger partial charge < -0.3 is 10.6 Å². The van der Waals surface area contributed by atoms with Gasteiger partial charge in [0.05, 0.1) is 0 Å². The first-order valence-corrected chi connectivity index (χ1v) is 9.32. The molecule has 138 valence electrons. The second kappa shape index (κ2) is 8.65. The van der Waals surface area contributed by atoms with E-state index >= 15 is 0 Å². The molecule has 6 heteroatoms. The summed E-state index contributed by atoms with van der Waals surface area (Å²) in [5.41, 5.74) is 1.36. The van der Waals surface area contributed by atoms with E-state index in [0.29, 0.717) is 23.7 Å². The molecule has 2 N–H and O–H groups in total. The largest absolute Gasteiger partial charge is 0.326 e. The number of aromatic nitrogens is 2. The Bertz CT molecular complexity index is 736. The normalized spacial score (nSPS) is 15.6. The predicted octanol–water partition coefficient (Wildman–Crippen LogP) is 3.99. The molecule has 6 nitrogen and oxygen atoms in total. The number of rotatable bonds is 7. The molecule has 3 rings (SSSR count). The maximum Gasteiger partial charge on any atom is 0.248 e. The number of nitrogens with one attached hydrogen (secondary N) is 2. The third-order valence-electron chi connectivity index (χ3n) is 4.97. The van der Waals surface area contributed by atoms with E-state index in [0.717, 1.165) is 6.42 Å². The molecule has 0 spiro atoms. The molecule has 1 aliphatic carbocycles. The number of hydrogen-bond acceptors (Lipinski definition) is 3. The van der Waals surface area contributed by atoms with Crippen LogP contribution in [0.4, 0.5) is 11.4 Å². The maximum absolute atomic E-state index is 12.3. The molecule has 1 aromatic heterocycles. The van der Waals surface area contributed by atoms with Crippen molar-refractivity contribution in [3.63, 3.8) is 0 Å². The van der Waals surface area contributed by atoms with Crippen molar-refractivity contribution in [2.75, 3.05) is 10.6 Å². The van der Waals surface area contributed by atoms with Gasteiger partial charge in [0.2, 0.25) is 11.8 Å². The number of anilines is 2. The van der Waals surface area contributed by atoms with Crippen molar-refractivity contribution in [1.29, 1.82) is 0 Å². The van der Waals surface area contributed by atoms with E-state index in [1.165, 1.54) is 25.7 Å². The van der Waals surface area contributed by atoms with Crippen molar-refractivity contribution in [1.82, 2.24) is 9.78 Å². The average Bonchev–Trinajstić information content (AvgIpc) is 3.33. The minimum atomic E-state index is -0.408. The zero-order valence-corrected chi connectivity index (χ0v) is 15.1. The van der Waals surface area contributed by atoms with Crippen molar-refractivity contribution >= 4 is 23.2 Å². The zero-order valence-electron chi connectivity index (χ0n) is 15.1. The average molecular weight is 354 g/mol. The highest BCUT2D eigenvalue weighted by Crippen LogP contribution is 2.28. The quantitative estimate of drug-likeness (QED) is 0.789. The summed E-state index contributed by atoms with van der Waals surface area (Å²) < 4.78 is 1.60. The number of amides is 2. The molecule has 1 aromatic carbocycles. The van der Waals surface area contributed by atoms with Crippen molar-refractivity contribution in [2.24, 2.45) is 5.92 Å². The van der Waals surface area contributed by atoms with Gasteiger partial charge in [-0.1, -0.05) is 31.7 Å². The Kier molecular flexibility index (Phi) is 6.04. The van der Waals surface area contributed by atoms with Crippen LogP contribution in [0.15, 0.2) is 42.7 Å². The lowest BCUT2D eigenvalue weighted by Gasteiger charge is -2.14. The maximum atomic E-state index is 12.3. The Morgan fingerprint density at radius 3 is 2.62 bits per heavy atom. The molecule has 1 atom stereocenters. The molecule has 0 bridgehead atoms. The Hall–Kier alpha value is -2.63. The zero-order chi connectivity index (χ0) is 18.4. The summed E-state index contributed by atoms with van der Waals surface area (Å²) in [5, 5.41) is 9.89. The molecule has 2 amide bonds. The molecule has 0 radical (unpaired) electrons. The summed E-state index contributed by atoms with van der Waals surface area (Å²) in [6, 6.07) is 8.62. The first-order chi connectivity index (χ1) is 12.6. The van der Waals surface area contributed by atoms with Crippen LogP contribution in [-0.4, -0.2) is 21.6 Å². The molecule has 1 heterocycles. The Balaban J connectivity index is 1.52. The number of carbonyl (C=O) groups excluding carboxylic acids is 2. The van der Waals surface area contributed by atoms with Crippen LogP contribution in [0, 0.1) is 5.92 Å². The molecule has 26 heavy (non-hydrogen) atoms. The van der Waals surface area contributed by atoms with Gasteiger partial charge in [-0.05, 0) is 43.5 Å². The fourth-order valence-electron chi connectivity index (χ4n) is 3.41. The monoisotopic (exact) mass is 354 g/mol. The Morgan fingerprint density at radius 1 is 1.19 bits per heavy atom. The van der Waals surface area contributed by atoms with Crippen LogP contribution in [0.3, 0.4) is 0 Å². The minimum absolute atomic E-state index is 0.0327. The van der Waals surface area contributed by atoms with Gasteiger partial charge in [0.1, 0.15) is 6.04 Å². The van der Waals surface area contributed by atoms with Gasteiger partial charge in [-0.15, -0.1) is 0 Å². The van der Waals surface area contributed by atoms with Crippen LogP contribution < -0.4 is 10.6 Å². The van der Waals surface area contributed by atoms with Gasteiger partial charge >= 0.3 is 0 Å². The smallest absolute Gasteiger partial charge is 0.248 e. The molecule has 1 aliphatic rings. The van der Waals surface area contributed by atoms with Gasteiger partial charge in [0.25, 0.3) is 0 Å². The summed E-state index contributed by atoms with van der Waals surface area (Å²) in [7, 11) is 0. The van der Waals surface area contributed by atoms with E-state index in [1.54, 1.807) is 36.1 Å². The SMILES string of the molecule is C[C@@H](C(=O)Nc1cccc(NC(=O)CCC2CCCC2)c1)n1cccn1. The highest BCUT2D eigenvalue weighted by molar-refractivity contribution is 5.95. The van der Waals surface area contributed by atoms with Crippen molar-refractivity contribution < 1.29 is 9.59 Å². The molecular weight excluding hydrogens is 328 g/mol. The Morgan fingerprint density at radius 2 is 1.92 bits per heavy atom. The van der Waals surface area contributed by atoms with Crippen LogP contribution in [-0.2, 0) is 9.59 Å². The predicted molar refractivity (Wildman–Crippen MR) is 102 cm³/mol. The van der Waals surface area contributed by atoms with Crippen molar-refractivity contribution in [3.05, 3.63) is 42.7 Å². The van der Waals surface area contributed by atoms with E-state index in [1.807, 2.05) is 18.2 Å².